The van der Waals surface area contributed by atoms with Crippen LogP contribution in [0.25, 0.3) is 0 Å². The molecule has 2 rings (SSSR count). The van der Waals surface area contributed by atoms with E-state index in [2.05, 4.69) is 26.1 Å². The third-order valence-corrected chi connectivity index (χ3v) is 3.57. The van der Waals surface area contributed by atoms with E-state index in [1.54, 1.807) is 12.1 Å². The fourth-order valence-corrected chi connectivity index (χ4v) is 2.23. The minimum absolute atomic E-state index is 0.0999. The minimum Gasteiger partial charge on any atom is -0.376 e. The Morgan fingerprint density at radius 3 is 2.45 bits per heavy atom. The predicted octanol–water partition coefficient (Wildman–Crippen LogP) is 3.87. The number of hydrogen-bond donors (Lipinski definition) is 1. The Labute approximate surface area is 121 Å². The van der Waals surface area contributed by atoms with Crippen molar-refractivity contribution in [3.8, 4) is 0 Å². The van der Waals surface area contributed by atoms with Gasteiger partial charge in [0.1, 0.15) is 5.82 Å². The van der Waals surface area contributed by atoms with Crippen LogP contribution in [0.2, 0.25) is 0 Å². The third-order valence-electron chi connectivity index (χ3n) is 3.57. The zero-order valence-corrected chi connectivity index (χ0v) is 12.8. The number of rotatable bonds is 7. The highest BCUT2D eigenvalue weighted by atomic mass is 19.1. The molecule has 1 saturated carbocycles. The SMILES string of the molecule is CC(C)(C)OCCC(CNC1CC1)c1ccc(F)cc1. The molecule has 20 heavy (non-hydrogen) atoms. The summed E-state index contributed by atoms with van der Waals surface area (Å²) in [4.78, 5) is 0. The van der Waals surface area contributed by atoms with E-state index in [1.165, 1.54) is 18.4 Å². The Morgan fingerprint density at radius 1 is 1.25 bits per heavy atom. The van der Waals surface area contributed by atoms with Crippen molar-refractivity contribution in [2.75, 3.05) is 13.2 Å². The fourth-order valence-electron chi connectivity index (χ4n) is 2.23. The molecule has 1 atom stereocenters. The van der Waals surface area contributed by atoms with E-state index in [0.29, 0.717) is 12.0 Å². The molecular weight excluding hydrogens is 253 g/mol. The maximum Gasteiger partial charge on any atom is 0.123 e. The van der Waals surface area contributed by atoms with Gasteiger partial charge in [0.2, 0.25) is 0 Å². The first-order valence-corrected chi connectivity index (χ1v) is 7.57. The predicted molar refractivity (Wildman–Crippen MR) is 80.5 cm³/mol. The van der Waals surface area contributed by atoms with Gasteiger partial charge in [-0.25, -0.2) is 4.39 Å². The van der Waals surface area contributed by atoms with Crippen LogP contribution in [-0.4, -0.2) is 24.8 Å². The summed E-state index contributed by atoms with van der Waals surface area (Å²) in [7, 11) is 0. The van der Waals surface area contributed by atoms with Crippen molar-refractivity contribution in [3.63, 3.8) is 0 Å². The van der Waals surface area contributed by atoms with Crippen molar-refractivity contribution >= 4 is 0 Å². The van der Waals surface area contributed by atoms with Crippen LogP contribution in [0, 0.1) is 5.82 Å². The summed E-state index contributed by atoms with van der Waals surface area (Å²) in [5.41, 5.74) is 1.09. The van der Waals surface area contributed by atoms with E-state index in [9.17, 15) is 4.39 Å². The monoisotopic (exact) mass is 279 g/mol. The lowest BCUT2D eigenvalue weighted by atomic mass is 9.95. The smallest absolute Gasteiger partial charge is 0.123 e. The molecule has 1 aromatic carbocycles. The molecule has 0 heterocycles. The van der Waals surface area contributed by atoms with E-state index in [0.717, 1.165) is 19.6 Å². The molecule has 1 fully saturated rings. The van der Waals surface area contributed by atoms with Gasteiger partial charge in [-0.15, -0.1) is 0 Å². The summed E-state index contributed by atoms with van der Waals surface area (Å²) in [6.07, 6.45) is 3.53. The number of nitrogens with one attached hydrogen (secondary N) is 1. The molecule has 0 amide bonds. The summed E-state index contributed by atoms with van der Waals surface area (Å²) in [5.74, 6) is 0.215. The number of ether oxygens (including phenoxy) is 1. The van der Waals surface area contributed by atoms with E-state index < -0.39 is 0 Å². The average Bonchev–Trinajstić information content (AvgIpc) is 3.17. The van der Waals surface area contributed by atoms with E-state index in [-0.39, 0.29) is 11.4 Å². The van der Waals surface area contributed by atoms with Crippen molar-refractivity contribution in [2.24, 2.45) is 0 Å². The maximum atomic E-state index is 13.0. The summed E-state index contributed by atoms with van der Waals surface area (Å²) in [5, 5.41) is 3.57. The standard InChI is InChI=1S/C17H26FNO/c1-17(2,3)20-11-10-14(12-19-16-8-9-16)13-4-6-15(18)7-5-13/h4-7,14,16,19H,8-12H2,1-3H3. The van der Waals surface area contributed by atoms with Crippen LogP contribution in [-0.2, 0) is 4.74 Å². The molecule has 0 radical (unpaired) electrons. The second-order valence-electron chi connectivity index (χ2n) is 6.68. The summed E-state index contributed by atoms with van der Waals surface area (Å²) >= 11 is 0. The van der Waals surface area contributed by atoms with Crippen LogP contribution in [0.3, 0.4) is 0 Å². The molecule has 112 valence electrons. The minimum atomic E-state index is -0.173. The third kappa shape index (κ3) is 5.59. The lowest BCUT2D eigenvalue weighted by molar-refractivity contribution is -0.00624. The Kier molecular flexibility index (Phi) is 5.17. The number of hydrogen-bond acceptors (Lipinski definition) is 2. The average molecular weight is 279 g/mol. The normalized spacial score (nSPS) is 17.2. The number of benzene rings is 1. The Morgan fingerprint density at radius 2 is 1.90 bits per heavy atom. The van der Waals surface area contributed by atoms with Gasteiger partial charge in [0.25, 0.3) is 0 Å². The molecule has 0 aromatic heterocycles. The quantitative estimate of drug-likeness (QED) is 0.818. The molecule has 0 aliphatic heterocycles. The number of halogens is 1. The van der Waals surface area contributed by atoms with Crippen LogP contribution in [0.1, 0.15) is 51.5 Å². The summed E-state index contributed by atoms with van der Waals surface area (Å²) in [6.45, 7) is 7.90. The van der Waals surface area contributed by atoms with Crippen molar-refractivity contribution in [1.82, 2.24) is 5.32 Å². The lowest BCUT2D eigenvalue weighted by Gasteiger charge is -2.23. The van der Waals surface area contributed by atoms with E-state index in [1.807, 2.05) is 12.1 Å². The zero-order chi connectivity index (χ0) is 14.6. The zero-order valence-electron chi connectivity index (χ0n) is 12.8. The molecule has 1 aliphatic carbocycles. The second kappa shape index (κ2) is 6.68. The van der Waals surface area contributed by atoms with Gasteiger partial charge in [0.05, 0.1) is 5.60 Å². The summed E-state index contributed by atoms with van der Waals surface area (Å²) in [6, 6.07) is 7.58. The van der Waals surface area contributed by atoms with Crippen molar-refractivity contribution in [2.45, 2.75) is 57.6 Å². The highest BCUT2D eigenvalue weighted by Gasteiger charge is 2.22. The van der Waals surface area contributed by atoms with Gasteiger partial charge in [-0.05, 0) is 63.6 Å². The molecule has 1 aromatic rings. The Hall–Kier alpha value is -0.930. The van der Waals surface area contributed by atoms with Crippen LogP contribution in [0.15, 0.2) is 24.3 Å². The largest absolute Gasteiger partial charge is 0.376 e. The van der Waals surface area contributed by atoms with Crippen LogP contribution in [0.4, 0.5) is 4.39 Å². The molecule has 0 saturated heterocycles. The van der Waals surface area contributed by atoms with Gasteiger partial charge in [0.15, 0.2) is 0 Å². The molecular formula is C17H26FNO. The second-order valence-corrected chi connectivity index (χ2v) is 6.68. The lowest BCUT2D eigenvalue weighted by Crippen LogP contribution is -2.26. The van der Waals surface area contributed by atoms with Gasteiger partial charge >= 0.3 is 0 Å². The van der Waals surface area contributed by atoms with Gasteiger partial charge in [-0.2, -0.15) is 0 Å². The fraction of sp³-hybridized carbons (Fsp3) is 0.647. The van der Waals surface area contributed by atoms with Gasteiger partial charge in [-0.3, -0.25) is 0 Å². The van der Waals surface area contributed by atoms with Crippen molar-refractivity contribution in [3.05, 3.63) is 35.6 Å². The van der Waals surface area contributed by atoms with E-state index in [4.69, 9.17) is 4.74 Å². The topological polar surface area (TPSA) is 21.3 Å². The highest BCUT2D eigenvalue weighted by Crippen LogP contribution is 2.24. The molecule has 3 heteroatoms. The molecule has 0 spiro atoms. The van der Waals surface area contributed by atoms with Gasteiger partial charge < -0.3 is 10.1 Å². The first kappa shape index (κ1) is 15.5. The van der Waals surface area contributed by atoms with Crippen molar-refractivity contribution in [1.29, 1.82) is 0 Å². The molecule has 0 bridgehead atoms. The highest BCUT2D eigenvalue weighted by molar-refractivity contribution is 5.21. The van der Waals surface area contributed by atoms with E-state index >= 15 is 0 Å². The summed E-state index contributed by atoms with van der Waals surface area (Å²) < 4.78 is 18.9. The van der Waals surface area contributed by atoms with Crippen LogP contribution in [0.5, 0.6) is 0 Å². The van der Waals surface area contributed by atoms with Crippen LogP contribution >= 0.6 is 0 Å². The van der Waals surface area contributed by atoms with Gasteiger partial charge in [0, 0.05) is 19.2 Å². The molecule has 1 unspecified atom stereocenters. The Bertz CT molecular complexity index is 406. The maximum absolute atomic E-state index is 13.0. The van der Waals surface area contributed by atoms with Crippen LogP contribution < -0.4 is 5.32 Å². The first-order chi connectivity index (χ1) is 9.44. The molecule has 1 N–H and O–H groups in total. The first-order valence-electron chi connectivity index (χ1n) is 7.57. The molecule has 1 aliphatic rings. The Balaban J connectivity index is 1.90. The van der Waals surface area contributed by atoms with Crippen molar-refractivity contribution < 1.29 is 9.13 Å². The van der Waals surface area contributed by atoms with Gasteiger partial charge in [-0.1, -0.05) is 12.1 Å². The molecule has 2 nitrogen and oxygen atoms in total.